The van der Waals surface area contributed by atoms with Crippen LogP contribution in [-0.2, 0) is 0 Å². The number of benzene rings is 1. The van der Waals surface area contributed by atoms with Crippen molar-refractivity contribution in [2.75, 3.05) is 6.54 Å². The summed E-state index contributed by atoms with van der Waals surface area (Å²) in [6.07, 6.45) is 3.58. The molecule has 2 rings (SSSR count). The lowest BCUT2D eigenvalue weighted by molar-refractivity contribution is 0.489. The molecule has 0 bridgehead atoms. The molecule has 0 aliphatic heterocycles. The highest BCUT2D eigenvalue weighted by Crippen LogP contribution is 2.25. The molecule has 0 aliphatic rings. The Morgan fingerprint density at radius 1 is 1.28 bits per heavy atom. The van der Waals surface area contributed by atoms with Gasteiger partial charge in [-0.05, 0) is 30.2 Å². The van der Waals surface area contributed by atoms with Gasteiger partial charge in [-0.25, -0.2) is 9.37 Å². The van der Waals surface area contributed by atoms with E-state index < -0.39 is 0 Å². The minimum atomic E-state index is -0.236. The number of hydrogen-bond donors (Lipinski definition) is 1. The van der Waals surface area contributed by atoms with Crippen molar-refractivity contribution in [2.24, 2.45) is 11.7 Å². The fraction of sp³-hybridized carbons (Fsp3) is 0.357. The summed E-state index contributed by atoms with van der Waals surface area (Å²) < 4.78 is 14.9. The van der Waals surface area contributed by atoms with Crippen LogP contribution >= 0.6 is 0 Å². The van der Waals surface area contributed by atoms with E-state index in [1.165, 1.54) is 12.1 Å². The summed E-state index contributed by atoms with van der Waals surface area (Å²) >= 11 is 0. The van der Waals surface area contributed by atoms with Crippen LogP contribution in [0.2, 0.25) is 0 Å². The zero-order valence-electron chi connectivity index (χ0n) is 10.7. The molecule has 0 saturated heterocycles. The van der Waals surface area contributed by atoms with Crippen LogP contribution in [-0.4, -0.2) is 16.1 Å². The molecule has 96 valence electrons. The Morgan fingerprint density at radius 3 is 2.50 bits per heavy atom. The second-order valence-corrected chi connectivity index (χ2v) is 4.75. The SMILES string of the molecule is CC(C)C(CN)c1cncn1-c1ccc(F)cc1. The maximum absolute atomic E-state index is 12.9. The molecule has 2 aromatic rings. The average Bonchev–Trinajstić information content (AvgIpc) is 2.79. The lowest BCUT2D eigenvalue weighted by Crippen LogP contribution is -2.20. The van der Waals surface area contributed by atoms with Crippen molar-refractivity contribution in [1.82, 2.24) is 9.55 Å². The molecule has 4 heteroatoms. The Morgan fingerprint density at radius 2 is 1.94 bits per heavy atom. The molecular formula is C14H18FN3. The Labute approximate surface area is 106 Å². The van der Waals surface area contributed by atoms with Gasteiger partial charge in [-0.1, -0.05) is 13.8 Å². The first-order valence-electron chi connectivity index (χ1n) is 6.11. The molecule has 1 heterocycles. The van der Waals surface area contributed by atoms with Gasteiger partial charge in [0.15, 0.2) is 0 Å². The van der Waals surface area contributed by atoms with Crippen molar-refractivity contribution in [3.63, 3.8) is 0 Å². The zero-order valence-corrected chi connectivity index (χ0v) is 10.7. The molecule has 1 atom stereocenters. The number of nitrogens with two attached hydrogens (primary N) is 1. The minimum Gasteiger partial charge on any atom is -0.330 e. The molecule has 2 N–H and O–H groups in total. The van der Waals surface area contributed by atoms with Gasteiger partial charge in [0.25, 0.3) is 0 Å². The van der Waals surface area contributed by atoms with Crippen LogP contribution in [0.5, 0.6) is 0 Å². The van der Waals surface area contributed by atoms with E-state index in [4.69, 9.17) is 5.73 Å². The first-order chi connectivity index (χ1) is 8.63. The van der Waals surface area contributed by atoms with Crippen molar-refractivity contribution < 1.29 is 4.39 Å². The monoisotopic (exact) mass is 247 g/mol. The molecule has 0 aliphatic carbocycles. The van der Waals surface area contributed by atoms with Crippen LogP contribution in [0.1, 0.15) is 25.5 Å². The second-order valence-electron chi connectivity index (χ2n) is 4.75. The minimum absolute atomic E-state index is 0.236. The van der Waals surface area contributed by atoms with Crippen molar-refractivity contribution in [3.8, 4) is 5.69 Å². The summed E-state index contributed by atoms with van der Waals surface area (Å²) in [6.45, 7) is 4.85. The quantitative estimate of drug-likeness (QED) is 0.902. The fourth-order valence-electron chi connectivity index (χ4n) is 2.13. The summed E-state index contributed by atoms with van der Waals surface area (Å²) in [4.78, 5) is 4.19. The molecule has 18 heavy (non-hydrogen) atoms. The number of imidazole rings is 1. The van der Waals surface area contributed by atoms with Crippen LogP contribution in [0, 0.1) is 11.7 Å². The topological polar surface area (TPSA) is 43.8 Å². The molecule has 0 fully saturated rings. The van der Waals surface area contributed by atoms with E-state index in [0.29, 0.717) is 12.5 Å². The molecule has 0 radical (unpaired) electrons. The third-order valence-corrected chi connectivity index (χ3v) is 3.21. The number of aromatic nitrogens is 2. The zero-order chi connectivity index (χ0) is 13.1. The van der Waals surface area contributed by atoms with Gasteiger partial charge in [-0.15, -0.1) is 0 Å². The van der Waals surface area contributed by atoms with Gasteiger partial charge in [0.05, 0.1) is 6.33 Å². The van der Waals surface area contributed by atoms with E-state index in [1.54, 1.807) is 18.5 Å². The van der Waals surface area contributed by atoms with E-state index in [2.05, 4.69) is 18.8 Å². The normalized spacial score (nSPS) is 12.9. The van der Waals surface area contributed by atoms with E-state index >= 15 is 0 Å². The molecule has 0 saturated carbocycles. The van der Waals surface area contributed by atoms with Gasteiger partial charge in [-0.2, -0.15) is 0 Å². The number of halogens is 1. The third-order valence-electron chi connectivity index (χ3n) is 3.21. The largest absolute Gasteiger partial charge is 0.330 e. The van der Waals surface area contributed by atoms with Gasteiger partial charge >= 0.3 is 0 Å². The Kier molecular flexibility index (Phi) is 3.77. The molecule has 0 spiro atoms. The van der Waals surface area contributed by atoms with Crippen LogP contribution in [0.4, 0.5) is 4.39 Å². The summed E-state index contributed by atoms with van der Waals surface area (Å²) in [5.74, 6) is 0.447. The first-order valence-corrected chi connectivity index (χ1v) is 6.11. The second kappa shape index (κ2) is 5.31. The highest BCUT2D eigenvalue weighted by molar-refractivity contribution is 5.34. The van der Waals surface area contributed by atoms with Crippen molar-refractivity contribution in [3.05, 3.63) is 48.3 Å². The number of hydrogen-bond acceptors (Lipinski definition) is 2. The van der Waals surface area contributed by atoms with E-state index in [9.17, 15) is 4.39 Å². The number of rotatable bonds is 4. The lowest BCUT2D eigenvalue weighted by atomic mass is 9.93. The maximum Gasteiger partial charge on any atom is 0.123 e. The van der Waals surface area contributed by atoms with Gasteiger partial charge < -0.3 is 10.3 Å². The highest BCUT2D eigenvalue weighted by atomic mass is 19.1. The Balaban J connectivity index is 2.41. The van der Waals surface area contributed by atoms with Gasteiger partial charge in [-0.3, -0.25) is 0 Å². The summed E-state index contributed by atoms with van der Waals surface area (Å²) in [6, 6.07) is 6.39. The highest BCUT2D eigenvalue weighted by Gasteiger charge is 2.18. The van der Waals surface area contributed by atoms with Gasteiger partial charge in [0.2, 0.25) is 0 Å². The van der Waals surface area contributed by atoms with Crippen LogP contribution in [0.3, 0.4) is 0 Å². The van der Waals surface area contributed by atoms with Gasteiger partial charge in [0, 0.05) is 30.0 Å². The summed E-state index contributed by atoms with van der Waals surface area (Å²) in [5.41, 5.74) is 7.81. The average molecular weight is 247 g/mol. The number of nitrogens with zero attached hydrogens (tertiary/aromatic N) is 2. The van der Waals surface area contributed by atoms with Crippen LogP contribution in [0.25, 0.3) is 5.69 Å². The molecule has 1 aromatic heterocycles. The molecule has 3 nitrogen and oxygen atoms in total. The third kappa shape index (κ3) is 2.43. The standard InChI is InChI=1S/C14H18FN3/c1-10(2)13(7-16)14-8-17-9-18(14)12-5-3-11(15)4-6-12/h3-6,8-10,13H,7,16H2,1-2H3. The van der Waals surface area contributed by atoms with E-state index in [0.717, 1.165) is 11.4 Å². The van der Waals surface area contributed by atoms with E-state index in [-0.39, 0.29) is 11.7 Å². The van der Waals surface area contributed by atoms with Crippen molar-refractivity contribution in [1.29, 1.82) is 0 Å². The van der Waals surface area contributed by atoms with E-state index in [1.807, 2.05) is 10.8 Å². The summed E-state index contributed by atoms with van der Waals surface area (Å²) in [5, 5.41) is 0. The summed E-state index contributed by atoms with van der Waals surface area (Å²) in [7, 11) is 0. The molecular weight excluding hydrogens is 229 g/mol. The first kappa shape index (κ1) is 12.8. The van der Waals surface area contributed by atoms with Crippen LogP contribution in [0.15, 0.2) is 36.8 Å². The smallest absolute Gasteiger partial charge is 0.123 e. The predicted molar refractivity (Wildman–Crippen MR) is 70.2 cm³/mol. The Hall–Kier alpha value is -1.68. The predicted octanol–water partition coefficient (Wildman–Crippen LogP) is 2.71. The van der Waals surface area contributed by atoms with Crippen molar-refractivity contribution >= 4 is 0 Å². The fourth-order valence-corrected chi connectivity index (χ4v) is 2.13. The van der Waals surface area contributed by atoms with Gasteiger partial charge in [0.1, 0.15) is 5.82 Å². The molecule has 0 amide bonds. The molecule has 1 aromatic carbocycles. The maximum atomic E-state index is 12.9. The van der Waals surface area contributed by atoms with Crippen LogP contribution < -0.4 is 5.73 Å². The Bertz CT molecular complexity index is 502. The van der Waals surface area contributed by atoms with Crippen molar-refractivity contribution in [2.45, 2.75) is 19.8 Å². The lowest BCUT2D eigenvalue weighted by Gasteiger charge is -2.20. The molecule has 1 unspecified atom stereocenters.